The Morgan fingerprint density at radius 3 is 2.47 bits per heavy atom. The summed E-state index contributed by atoms with van der Waals surface area (Å²) in [5.41, 5.74) is 1.85. The molecule has 1 N–H and O–H groups in total. The molecule has 0 radical (unpaired) electrons. The minimum absolute atomic E-state index is 0.610. The lowest BCUT2D eigenvalue weighted by Gasteiger charge is -2.39. The van der Waals surface area contributed by atoms with Gasteiger partial charge in [-0.2, -0.15) is 0 Å². The van der Waals surface area contributed by atoms with Crippen molar-refractivity contribution in [1.29, 1.82) is 0 Å². The Morgan fingerprint density at radius 2 is 1.84 bits per heavy atom. The molecule has 0 bridgehead atoms. The van der Waals surface area contributed by atoms with Gasteiger partial charge in [0.2, 0.25) is 0 Å². The third kappa shape index (κ3) is 4.54. The molecule has 1 fully saturated rings. The average molecular weight is 260 g/mol. The average Bonchev–Trinajstić information content (AvgIpc) is 2.47. The van der Waals surface area contributed by atoms with Gasteiger partial charge in [0.1, 0.15) is 0 Å². The Bertz CT molecular complexity index is 353. The number of nitrogens with zero attached hydrogens (tertiary/aromatic N) is 1. The molecule has 0 aliphatic carbocycles. The molecule has 2 nitrogen and oxygen atoms in total. The van der Waals surface area contributed by atoms with Crippen LogP contribution in [-0.2, 0) is 0 Å². The lowest BCUT2D eigenvalue weighted by molar-refractivity contribution is 0.114. The van der Waals surface area contributed by atoms with Crippen LogP contribution in [0.3, 0.4) is 0 Å². The van der Waals surface area contributed by atoms with Crippen molar-refractivity contribution in [2.45, 2.75) is 39.5 Å². The maximum absolute atomic E-state index is 3.48. The molecule has 0 aromatic heterocycles. The van der Waals surface area contributed by atoms with Gasteiger partial charge in [-0.3, -0.25) is 0 Å². The molecule has 2 heteroatoms. The summed E-state index contributed by atoms with van der Waals surface area (Å²) in [5, 5.41) is 3.48. The molecule has 2 rings (SSSR count). The van der Waals surface area contributed by atoms with Crippen molar-refractivity contribution in [1.82, 2.24) is 4.90 Å². The van der Waals surface area contributed by atoms with Crippen LogP contribution in [-0.4, -0.2) is 31.1 Å². The highest BCUT2D eigenvalue weighted by atomic mass is 15.1. The summed E-state index contributed by atoms with van der Waals surface area (Å²) in [6.45, 7) is 9.66. The second-order valence-corrected chi connectivity index (χ2v) is 6.15. The number of hydrogen-bond acceptors (Lipinski definition) is 2. The summed E-state index contributed by atoms with van der Waals surface area (Å²) < 4.78 is 0. The lowest BCUT2D eigenvalue weighted by atomic mass is 9.78. The molecular weight excluding hydrogens is 232 g/mol. The smallest absolute Gasteiger partial charge is 0.0340 e. The van der Waals surface area contributed by atoms with E-state index < -0.39 is 0 Å². The molecule has 1 aliphatic rings. The van der Waals surface area contributed by atoms with Crippen LogP contribution in [0.2, 0.25) is 0 Å². The first-order valence-corrected chi connectivity index (χ1v) is 7.73. The largest absolute Gasteiger partial charge is 0.385 e. The SMILES string of the molecule is CCC1(C)CCN(CCCNc2ccccc2)CC1. The quantitative estimate of drug-likeness (QED) is 0.778. The molecule has 106 valence electrons. The van der Waals surface area contributed by atoms with Gasteiger partial charge in [0.15, 0.2) is 0 Å². The first kappa shape index (κ1) is 14.4. The van der Waals surface area contributed by atoms with Gasteiger partial charge >= 0.3 is 0 Å². The highest BCUT2D eigenvalue weighted by Gasteiger charge is 2.27. The standard InChI is InChI=1S/C17H28N2/c1-3-17(2)10-14-19(15-11-17)13-7-12-18-16-8-5-4-6-9-16/h4-6,8-9,18H,3,7,10-15H2,1-2H3. The number of piperidine rings is 1. The van der Waals surface area contributed by atoms with Crippen LogP contribution < -0.4 is 5.32 Å². The molecule has 1 heterocycles. The maximum Gasteiger partial charge on any atom is 0.0340 e. The van der Waals surface area contributed by atoms with Crippen molar-refractivity contribution in [2.24, 2.45) is 5.41 Å². The van der Waals surface area contributed by atoms with Crippen molar-refractivity contribution in [2.75, 3.05) is 31.5 Å². The zero-order chi connectivity index (χ0) is 13.6. The first-order chi connectivity index (χ1) is 9.22. The Labute approximate surface area is 118 Å². The summed E-state index contributed by atoms with van der Waals surface area (Å²) in [5.74, 6) is 0. The predicted octanol–water partition coefficient (Wildman–Crippen LogP) is 4.00. The number of para-hydroxylation sites is 1. The molecule has 1 aromatic carbocycles. The maximum atomic E-state index is 3.48. The van der Waals surface area contributed by atoms with Gasteiger partial charge in [-0.05, 0) is 56.4 Å². The van der Waals surface area contributed by atoms with Crippen LogP contribution in [0, 0.1) is 5.41 Å². The van der Waals surface area contributed by atoms with E-state index in [2.05, 4.69) is 54.4 Å². The summed E-state index contributed by atoms with van der Waals surface area (Å²) in [6.07, 6.45) is 5.30. The summed E-state index contributed by atoms with van der Waals surface area (Å²) in [7, 11) is 0. The number of likely N-dealkylation sites (tertiary alicyclic amines) is 1. The van der Waals surface area contributed by atoms with E-state index >= 15 is 0 Å². The van der Waals surface area contributed by atoms with Crippen molar-refractivity contribution in [3.05, 3.63) is 30.3 Å². The van der Waals surface area contributed by atoms with Crippen LogP contribution >= 0.6 is 0 Å². The highest BCUT2D eigenvalue weighted by Crippen LogP contribution is 2.33. The Hall–Kier alpha value is -1.02. The van der Waals surface area contributed by atoms with Gasteiger partial charge in [0.25, 0.3) is 0 Å². The minimum atomic E-state index is 0.610. The minimum Gasteiger partial charge on any atom is -0.385 e. The number of hydrogen-bond donors (Lipinski definition) is 1. The van der Waals surface area contributed by atoms with E-state index in [0.29, 0.717) is 5.41 Å². The number of anilines is 1. The molecule has 0 amide bonds. The van der Waals surface area contributed by atoms with Crippen LogP contribution in [0.25, 0.3) is 0 Å². The lowest BCUT2D eigenvalue weighted by Crippen LogP contribution is -2.39. The third-order valence-corrected chi connectivity index (χ3v) is 4.67. The van der Waals surface area contributed by atoms with Crippen LogP contribution in [0.5, 0.6) is 0 Å². The van der Waals surface area contributed by atoms with E-state index in [-0.39, 0.29) is 0 Å². The summed E-state index contributed by atoms with van der Waals surface area (Å²) in [6, 6.07) is 10.5. The predicted molar refractivity (Wildman–Crippen MR) is 83.6 cm³/mol. The van der Waals surface area contributed by atoms with E-state index in [1.165, 1.54) is 51.0 Å². The molecule has 0 saturated carbocycles. The van der Waals surface area contributed by atoms with Crippen LogP contribution in [0.4, 0.5) is 5.69 Å². The topological polar surface area (TPSA) is 15.3 Å². The van der Waals surface area contributed by atoms with E-state index in [9.17, 15) is 0 Å². The Morgan fingerprint density at radius 1 is 1.16 bits per heavy atom. The fraction of sp³-hybridized carbons (Fsp3) is 0.647. The van der Waals surface area contributed by atoms with Crippen LogP contribution in [0.15, 0.2) is 30.3 Å². The normalized spacial score (nSPS) is 19.3. The highest BCUT2D eigenvalue weighted by molar-refractivity contribution is 5.42. The van der Waals surface area contributed by atoms with Crippen molar-refractivity contribution in [3.63, 3.8) is 0 Å². The first-order valence-electron chi connectivity index (χ1n) is 7.73. The molecule has 1 saturated heterocycles. The van der Waals surface area contributed by atoms with Crippen LogP contribution in [0.1, 0.15) is 39.5 Å². The Balaban J connectivity index is 1.60. The third-order valence-electron chi connectivity index (χ3n) is 4.67. The second kappa shape index (κ2) is 6.95. The van der Waals surface area contributed by atoms with Gasteiger partial charge in [-0.25, -0.2) is 0 Å². The zero-order valence-corrected chi connectivity index (χ0v) is 12.5. The van der Waals surface area contributed by atoms with Gasteiger partial charge in [0, 0.05) is 12.2 Å². The molecular formula is C17H28N2. The fourth-order valence-electron chi connectivity index (χ4n) is 2.76. The molecule has 0 atom stereocenters. The summed E-state index contributed by atoms with van der Waals surface area (Å²) >= 11 is 0. The van der Waals surface area contributed by atoms with E-state index in [0.717, 1.165) is 6.54 Å². The number of benzene rings is 1. The molecule has 19 heavy (non-hydrogen) atoms. The van der Waals surface area contributed by atoms with E-state index in [1.807, 2.05) is 0 Å². The number of rotatable bonds is 6. The van der Waals surface area contributed by atoms with E-state index in [1.54, 1.807) is 0 Å². The molecule has 0 unspecified atom stereocenters. The van der Waals surface area contributed by atoms with Crippen molar-refractivity contribution >= 4 is 5.69 Å². The van der Waals surface area contributed by atoms with Gasteiger partial charge in [-0.15, -0.1) is 0 Å². The van der Waals surface area contributed by atoms with E-state index in [4.69, 9.17) is 0 Å². The molecule has 1 aliphatic heterocycles. The van der Waals surface area contributed by atoms with Gasteiger partial charge in [0.05, 0.1) is 0 Å². The zero-order valence-electron chi connectivity index (χ0n) is 12.5. The Kier molecular flexibility index (Phi) is 5.26. The second-order valence-electron chi connectivity index (χ2n) is 6.15. The van der Waals surface area contributed by atoms with Crippen molar-refractivity contribution < 1.29 is 0 Å². The van der Waals surface area contributed by atoms with Gasteiger partial charge < -0.3 is 10.2 Å². The molecule has 0 spiro atoms. The van der Waals surface area contributed by atoms with Crippen molar-refractivity contribution in [3.8, 4) is 0 Å². The number of nitrogens with one attached hydrogen (secondary N) is 1. The fourth-order valence-corrected chi connectivity index (χ4v) is 2.76. The summed E-state index contributed by atoms with van der Waals surface area (Å²) in [4.78, 5) is 2.63. The molecule has 1 aromatic rings. The van der Waals surface area contributed by atoms with Gasteiger partial charge in [-0.1, -0.05) is 38.5 Å². The monoisotopic (exact) mass is 260 g/mol.